The summed E-state index contributed by atoms with van der Waals surface area (Å²) in [5.74, 6) is 6.08. The Morgan fingerprint density at radius 2 is 2.04 bits per heavy atom. The lowest BCUT2D eigenvalue weighted by Gasteiger charge is -2.17. The molecule has 0 aliphatic carbocycles. The van der Waals surface area contributed by atoms with Crippen LogP contribution in [-0.4, -0.2) is 16.4 Å². The summed E-state index contributed by atoms with van der Waals surface area (Å²) in [6, 6.07) is 7.03. The van der Waals surface area contributed by atoms with Gasteiger partial charge in [-0.25, -0.2) is 13.8 Å². The van der Waals surface area contributed by atoms with Crippen LogP contribution in [0.15, 0.2) is 45.4 Å². The standard InChI is InChI=1S/C20H18F2N2O2/c1-3-4-9-24(12-16-6-5-10-25-16)13-19-14(2)26-20(23-19)17-8-7-15(21)11-18(17)22/h5-8,10-11H,9,12-13H2,1-2H3. The van der Waals surface area contributed by atoms with Crippen molar-refractivity contribution >= 4 is 0 Å². The molecule has 0 amide bonds. The summed E-state index contributed by atoms with van der Waals surface area (Å²) >= 11 is 0. The van der Waals surface area contributed by atoms with Crippen LogP contribution < -0.4 is 0 Å². The number of halogens is 2. The lowest BCUT2D eigenvalue weighted by Crippen LogP contribution is -2.23. The third-order valence-electron chi connectivity index (χ3n) is 3.87. The monoisotopic (exact) mass is 356 g/mol. The predicted octanol–water partition coefficient (Wildman–Crippen LogP) is 4.55. The van der Waals surface area contributed by atoms with E-state index in [0.717, 1.165) is 11.8 Å². The zero-order valence-corrected chi connectivity index (χ0v) is 14.6. The fourth-order valence-electron chi connectivity index (χ4n) is 2.55. The smallest absolute Gasteiger partial charge is 0.229 e. The summed E-state index contributed by atoms with van der Waals surface area (Å²) in [6.45, 7) is 5.11. The number of aryl methyl sites for hydroxylation is 1. The molecule has 0 saturated carbocycles. The molecule has 3 aromatic rings. The van der Waals surface area contributed by atoms with Crippen LogP contribution in [0.25, 0.3) is 11.5 Å². The van der Waals surface area contributed by atoms with Crippen LogP contribution in [0.3, 0.4) is 0 Å². The second kappa shape index (κ2) is 7.98. The summed E-state index contributed by atoms with van der Waals surface area (Å²) in [7, 11) is 0. The third kappa shape index (κ3) is 4.19. The van der Waals surface area contributed by atoms with Crippen LogP contribution in [-0.2, 0) is 13.1 Å². The number of furan rings is 1. The van der Waals surface area contributed by atoms with Gasteiger partial charge >= 0.3 is 0 Å². The van der Waals surface area contributed by atoms with Crippen molar-refractivity contribution < 1.29 is 17.6 Å². The zero-order valence-electron chi connectivity index (χ0n) is 14.6. The normalized spacial score (nSPS) is 10.8. The summed E-state index contributed by atoms with van der Waals surface area (Å²) in [5, 5.41) is 0. The highest BCUT2D eigenvalue weighted by molar-refractivity contribution is 5.54. The Labute approximate surface area is 150 Å². The highest BCUT2D eigenvalue weighted by atomic mass is 19.1. The van der Waals surface area contributed by atoms with E-state index in [1.807, 2.05) is 17.0 Å². The van der Waals surface area contributed by atoms with Crippen LogP contribution in [0.4, 0.5) is 8.78 Å². The quantitative estimate of drug-likeness (QED) is 0.608. The molecule has 0 saturated heterocycles. The number of hydrogen-bond acceptors (Lipinski definition) is 4. The number of hydrogen-bond donors (Lipinski definition) is 0. The summed E-state index contributed by atoms with van der Waals surface area (Å²) in [6.07, 6.45) is 1.62. The van der Waals surface area contributed by atoms with E-state index in [-0.39, 0.29) is 11.5 Å². The van der Waals surface area contributed by atoms with Gasteiger partial charge in [-0.1, -0.05) is 5.92 Å². The average Bonchev–Trinajstić information content (AvgIpc) is 3.23. The number of rotatable bonds is 6. The molecule has 2 aromatic heterocycles. The Bertz CT molecular complexity index is 937. The minimum Gasteiger partial charge on any atom is -0.468 e. The predicted molar refractivity (Wildman–Crippen MR) is 92.9 cm³/mol. The van der Waals surface area contributed by atoms with E-state index >= 15 is 0 Å². The molecule has 0 fully saturated rings. The van der Waals surface area contributed by atoms with Crippen molar-refractivity contribution in [1.29, 1.82) is 0 Å². The number of aromatic nitrogens is 1. The Kier molecular flexibility index (Phi) is 5.49. The Morgan fingerprint density at radius 1 is 1.19 bits per heavy atom. The second-order valence-corrected chi connectivity index (χ2v) is 5.80. The molecule has 3 rings (SSSR count). The molecule has 2 heterocycles. The van der Waals surface area contributed by atoms with Gasteiger partial charge in [-0.3, -0.25) is 4.90 Å². The highest BCUT2D eigenvalue weighted by Crippen LogP contribution is 2.26. The molecule has 0 aliphatic heterocycles. The van der Waals surface area contributed by atoms with Crippen molar-refractivity contribution in [1.82, 2.24) is 9.88 Å². The number of benzene rings is 1. The van der Waals surface area contributed by atoms with Crippen LogP contribution >= 0.6 is 0 Å². The van der Waals surface area contributed by atoms with Gasteiger partial charge in [0.15, 0.2) is 0 Å². The molecular formula is C20H18F2N2O2. The minimum atomic E-state index is -0.706. The third-order valence-corrected chi connectivity index (χ3v) is 3.87. The van der Waals surface area contributed by atoms with E-state index in [0.29, 0.717) is 31.1 Å². The summed E-state index contributed by atoms with van der Waals surface area (Å²) < 4.78 is 38.1. The van der Waals surface area contributed by atoms with Crippen LogP contribution in [0.5, 0.6) is 0 Å². The van der Waals surface area contributed by atoms with Crippen molar-refractivity contribution in [3.8, 4) is 23.3 Å². The van der Waals surface area contributed by atoms with Crippen LogP contribution in [0.2, 0.25) is 0 Å². The van der Waals surface area contributed by atoms with Gasteiger partial charge in [0, 0.05) is 12.6 Å². The van der Waals surface area contributed by atoms with Gasteiger partial charge in [-0.15, -0.1) is 5.92 Å². The van der Waals surface area contributed by atoms with E-state index in [4.69, 9.17) is 8.83 Å². The maximum absolute atomic E-state index is 14.0. The van der Waals surface area contributed by atoms with Gasteiger partial charge in [0.1, 0.15) is 23.2 Å². The van der Waals surface area contributed by atoms with E-state index in [2.05, 4.69) is 16.8 Å². The molecule has 0 N–H and O–H groups in total. The van der Waals surface area contributed by atoms with Crippen molar-refractivity contribution in [3.05, 3.63) is 65.4 Å². The molecule has 0 radical (unpaired) electrons. The van der Waals surface area contributed by atoms with Gasteiger partial charge in [0.05, 0.1) is 30.6 Å². The van der Waals surface area contributed by atoms with Gasteiger partial charge in [0.25, 0.3) is 0 Å². The maximum atomic E-state index is 14.0. The molecule has 1 aromatic carbocycles. The molecule has 26 heavy (non-hydrogen) atoms. The molecule has 0 bridgehead atoms. The Balaban J connectivity index is 1.83. The van der Waals surface area contributed by atoms with E-state index in [1.54, 1.807) is 20.1 Å². The molecule has 0 atom stereocenters. The molecule has 0 aliphatic rings. The van der Waals surface area contributed by atoms with Crippen LogP contribution in [0.1, 0.15) is 24.1 Å². The molecular weight excluding hydrogens is 338 g/mol. The van der Waals surface area contributed by atoms with Gasteiger partial charge in [0.2, 0.25) is 5.89 Å². The van der Waals surface area contributed by atoms with E-state index in [1.165, 1.54) is 12.1 Å². The first-order chi connectivity index (χ1) is 12.6. The fourth-order valence-corrected chi connectivity index (χ4v) is 2.55. The molecule has 4 nitrogen and oxygen atoms in total. The van der Waals surface area contributed by atoms with Gasteiger partial charge < -0.3 is 8.83 Å². The van der Waals surface area contributed by atoms with Crippen molar-refractivity contribution in [2.24, 2.45) is 0 Å². The first kappa shape index (κ1) is 17.9. The van der Waals surface area contributed by atoms with Crippen molar-refractivity contribution in [2.75, 3.05) is 6.54 Å². The molecule has 0 unspecified atom stereocenters. The van der Waals surface area contributed by atoms with Crippen LogP contribution in [0, 0.1) is 30.4 Å². The lowest BCUT2D eigenvalue weighted by molar-refractivity contribution is 0.260. The fraction of sp³-hybridized carbons (Fsp3) is 0.250. The summed E-state index contributed by atoms with van der Waals surface area (Å²) in [5.41, 5.74) is 0.805. The van der Waals surface area contributed by atoms with Crippen molar-refractivity contribution in [2.45, 2.75) is 26.9 Å². The summed E-state index contributed by atoms with van der Waals surface area (Å²) in [4.78, 5) is 6.44. The van der Waals surface area contributed by atoms with E-state index < -0.39 is 11.6 Å². The highest BCUT2D eigenvalue weighted by Gasteiger charge is 2.18. The first-order valence-electron chi connectivity index (χ1n) is 8.13. The zero-order chi connectivity index (χ0) is 18.5. The lowest BCUT2D eigenvalue weighted by atomic mass is 10.2. The van der Waals surface area contributed by atoms with Gasteiger partial charge in [-0.05, 0) is 38.1 Å². The minimum absolute atomic E-state index is 0.131. The second-order valence-electron chi connectivity index (χ2n) is 5.80. The van der Waals surface area contributed by atoms with Crippen molar-refractivity contribution in [3.63, 3.8) is 0 Å². The number of oxazole rings is 1. The maximum Gasteiger partial charge on any atom is 0.229 e. The Morgan fingerprint density at radius 3 is 2.73 bits per heavy atom. The largest absolute Gasteiger partial charge is 0.468 e. The Hall–Kier alpha value is -2.91. The molecule has 0 spiro atoms. The number of nitrogens with zero attached hydrogens (tertiary/aromatic N) is 2. The topological polar surface area (TPSA) is 42.4 Å². The molecule has 134 valence electrons. The SMILES string of the molecule is CC#CCN(Cc1ccco1)Cc1nc(-c2ccc(F)cc2F)oc1C. The average molecular weight is 356 g/mol. The molecule has 6 heteroatoms. The first-order valence-corrected chi connectivity index (χ1v) is 8.13. The van der Waals surface area contributed by atoms with E-state index in [9.17, 15) is 8.78 Å². The van der Waals surface area contributed by atoms with Gasteiger partial charge in [-0.2, -0.15) is 0 Å².